The van der Waals surface area contributed by atoms with Gasteiger partial charge in [-0.25, -0.2) is 0 Å². The lowest BCUT2D eigenvalue weighted by Gasteiger charge is -2.36. The Labute approximate surface area is 134 Å². The third kappa shape index (κ3) is 2.85. The molecule has 0 saturated carbocycles. The van der Waals surface area contributed by atoms with Gasteiger partial charge in [0.15, 0.2) is 0 Å². The lowest BCUT2D eigenvalue weighted by atomic mass is 10.2. The van der Waals surface area contributed by atoms with Crippen LogP contribution in [0.2, 0.25) is 0 Å². The van der Waals surface area contributed by atoms with Crippen LogP contribution in [0.4, 0.5) is 0 Å². The second-order valence-corrected chi connectivity index (χ2v) is 9.75. The fraction of sp³-hybridized carbons (Fsp3) is 0.200. The molecular weight excluding hydrogens is 284 g/mol. The van der Waals surface area contributed by atoms with E-state index in [1.54, 1.807) is 0 Å². The Morgan fingerprint density at radius 2 is 1.41 bits per heavy atom. The van der Waals surface area contributed by atoms with Gasteiger partial charge in [-0.3, -0.25) is 0 Å². The van der Waals surface area contributed by atoms with Crippen molar-refractivity contribution in [3.8, 4) is 0 Å². The maximum atomic E-state index is 6.72. The van der Waals surface area contributed by atoms with Gasteiger partial charge in [0.2, 0.25) is 0 Å². The highest BCUT2D eigenvalue weighted by atomic mass is 28.4. The lowest BCUT2D eigenvalue weighted by molar-refractivity contribution is 0.130. The molecule has 0 aromatic heterocycles. The average molecular weight is 306 g/mol. The third-order valence-electron chi connectivity index (χ3n) is 3.75. The third-order valence-corrected chi connectivity index (χ3v) is 7.79. The van der Waals surface area contributed by atoms with E-state index in [1.165, 1.54) is 15.9 Å². The Balaban J connectivity index is 2.14. The summed E-state index contributed by atoms with van der Waals surface area (Å²) >= 11 is 0. The SMILES string of the molecule is CC(C)(C)O[Si]1(c2ccccc2)C=CC=C1c1ccccc1. The van der Waals surface area contributed by atoms with E-state index in [2.05, 4.69) is 99.3 Å². The summed E-state index contributed by atoms with van der Waals surface area (Å²) < 4.78 is 6.72. The van der Waals surface area contributed by atoms with Gasteiger partial charge in [0, 0.05) is 5.60 Å². The first kappa shape index (κ1) is 15.0. The number of hydrogen-bond acceptors (Lipinski definition) is 1. The first-order valence-corrected chi connectivity index (χ1v) is 9.71. The minimum Gasteiger partial charge on any atom is -0.400 e. The highest BCUT2D eigenvalue weighted by molar-refractivity contribution is 7.06. The molecule has 1 aliphatic heterocycles. The lowest BCUT2D eigenvalue weighted by Crippen LogP contribution is -2.53. The number of benzene rings is 2. The molecule has 0 aliphatic carbocycles. The fourth-order valence-corrected chi connectivity index (χ4v) is 6.93. The van der Waals surface area contributed by atoms with Gasteiger partial charge in [0.1, 0.15) is 0 Å². The van der Waals surface area contributed by atoms with Crippen LogP contribution in [-0.4, -0.2) is 13.9 Å². The molecule has 2 aromatic carbocycles. The van der Waals surface area contributed by atoms with E-state index < -0.39 is 8.32 Å². The van der Waals surface area contributed by atoms with Crippen LogP contribution >= 0.6 is 0 Å². The van der Waals surface area contributed by atoms with Crippen molar-refractivity contribution in [1.82, 2.24) is 0 Å². The maximum Gasteiger partial charge on any atom is 0.281 e. The summed E-state index contributed by atoms with van der Waals surface area (Å²) in [4.78, 5) is 0. The summed E-state index contributed by atoms with van der Waals surface area (Å²) in [6.45, 7) is 6.42. The van der Waals surface area contributed by atoms with Crippen LogP contribution in [0, 0.1) is 0 Å². The van der Waals surface area contributed by atoms with E-state index in [9.17, 15) is 0 Å². The molecule has 1 nitrogen and oxygen atoms in total. The van der Waals surface area contributed by atoms with Crippen molar-refractivity contribution < 1.29 is 4.43 Å². The standard InChI is InChI=1S/C20H22OSi/c1-20(2,3)21-22(18-13-8-5-9-14-18)16-10-15-19(22)17-11-6-4-7-12-17/h4-16H,1-3H3. The molecule has 0 bridgehead atoms. The molecule has 22 heavy (non-hydrogen) atoms. The Hall–Kier alpha value is -1.90. The Kier molecular flexibility index (Phi) is 3.90. The predicted octanol–water partition coefficient (Wildman–Crippen LogP) is 4.39. The minimum absolute atomic E-state index is 0.190. The smallest absolute Gasteiger partial charge is 0.281 e. The number of allylic oxidation sites excluding steroid dienone is 2. The van der Waals surface area contributed by atoms with E-state index in [0.29, 0.717) is 0 Å². The van der Waals surface area contributed by atoms with Crippen LogP contribution in [0.15, 0.2) is 78.5 Å². The summed E-state index contributed by atoms with van der Waals surface area (Å²) in [7, 11) is -2.33. The van der Waals surface area contributed by atoms with E-state index in [4.69, 9.17) is 4.43 Å². The molecular formula is C20H22OSi. The van der Waals surface area contributed by atoms with Gasteiger partial charge in [0.05, 0.1) is 0 Å². The highest BCUT2D eigenvalue weighted by Crippen LogP contribution is 2.35. The van der Waals surface area contributed by atoms with Crippen LogP contribution in [-0.2, 0) is 4.43 Å². The predicted molar refractivity (Wildman–Crippen MR) is 96.2 cm³/mol. The molecule has 3 rings (SSSR count). The zero-order valence-electron chi connectivity index (χ0n) is 13.4. The second kappa shape index (κ2) is 5.71. The van der Waals surface area contributed by atoms with Crippen molar-refractivity contribution in [2.45, 2.75) is 26.4 Å². The van der Waals surface area contributed by atoms with E-state index in [1.807, 2.05) is 0 Å². The zero-order chi connectivity index (χ0) is 15.6. The number of rotatable bonds is 3. The minimum atomic E-state index is -2.33. The van der Waals surface area contributed by atoms with Crippen LogP contribution in [0.1, 0.15) is 26.3 Å². The molecule has 1 aliphatic rings. The van der Waals surface area contributed by atoms with Crippen LogP contribution in [0.5, 0.6) is 0 Å². The summed E-state index contributed by atoms with van der Waals surface area (Å²) in [5, 5.41) is 2.63. The first-order chi connectivity index (χ1) is 10.5. The molecule has 1 unspecified atom stereocenters. The molecule has 0 amide bonds. The van der Waals surface area contributed by atoms with Gasteiger partial charge < -0.3 is 4.43 Å². The fourth-order valence-electron chi connectivity index (χ4n) is 2.99. The summed E-state index contributed by atoms with van der Waals surface area (Å²) in [5.74, 6) is 0. The van der Waals surface area contributed by atoms with Crippen molar-refractivity contribution in [1.29, 1.82) is 0 Å². The van der Waals surface area contributed by atoms with Gasteiger partial charge >= 0.3 is 0 Å². The normalized spacial score (nSPS) is 21.0. The van der Waals surface area contributed by atoms with Crippen LogP contribution in [0.3, 0.4) is 0 Å². The molecule has 1 heterocycles. The molecule has 0 spiro atoms. The largest absolute Gasteiger partial charge is 0.400 e. The first-order valence-electron chi connectivity index (χ1n) is 7.72. The number of hydrogen-bond donors (Lipinski definition) is 0. The Morgan fingerprint density at radius 3 is 2.00 bits per heavy atom. The van der Waals surface area contributed by atoms with Crippen molar-refractivity contribution in [2.24, 2.45) is 0 Å². The van der Waals surface area contributed by atoms with Crippen LogP contribution in [0.25, 0.3) is 5.20 Å². The van der Waals surface area contributed by atoms with Crippen molar-refractivity contribution in [3.05, 3.63) is 84.1 Å². The molecule has 1 atom stereocenters. The van der Waals surface area contributed by atoms with Gasteiger partial charge in [-0.2, -0.15) is 0 Å². The van der Waals surface area contributed by atoms with Crippen molar-refractivity contribution in [3.63, 3.8) is 0 Å². The topological polar surface area (TPSA) is 9.23 Å². The van der Waals surface area contributed by atoms with E-state index in [0.717, 1.165) is 0 Å². The Bertz CT molecular complexity index is 695. The average Bonchev–Trinajstić information content (AvgIpc) is 2.92. The van der Waals surface area contributed by atoms with Gasteiger partial charge in [-0.1, -0.05) is 78.5 Å². The van der Waals surface area contributed by atoms with Gasteiger partial charge in [0.25, 0.3) is 8.32 Å². The highest BCUT2D eigenvalue weighted by Gasteiger charge is 2.44. The molecule has 2 heteroatoms. The molecule has 0 N–H and O–H groups in total. The molecule has 0 radical (unpaired) electrons. The summed E-state index contributed by atoms with van der Waals surface area (Å²) in [5.41, 5.74) is 3.37. The van der Waals surface area contributed by atoms with Crippen molar-refractivity contribution >= 4 is 18.7 Å². The zero-order valence-corrected chi connectivity index (χ0v) is 14.4. The summed E-state index contributed by atoms with van der Waals surface area (Å²) in [6, 6.07) is 21.3. The summed E-state index contributed by atoms with van der Waals surface area (Å²) in [6.07, 6.45) is 4.38. The molecule has 0 saturated heterocycles. The van der Waals surface area contributed by atoms with E-state index >= 15 is 0 Å². The molecule has 2 aromatic rings. The quantitative estimate of drug-likeness (QED) is 0.764. The van der Waals surface area contributed by atoms with E-state index in [-0.39, 0.29) is 5.60 Å². The van der Waals surface area contributed by atoms with Crippen LogP contribution < -0.4 is 5.19 Å². The maximum absolute atomic E-state index is 6.72. The monoisotopic (exact) mass is 306 g/mol. The Morgan fingerprint density at radius 1 is 0.818 bits per heavy atom. The molecule has 0 fully saturated rings. The molecule has 112 valence electrons. The van der Waals surface area contributed by atoms with Gasteiger partial charge in [-0.05, 0) is 36.7 Å². The van der Waals surface area contributed by atoms with Gasteiger partial charge in [-0.15, -0.1) is 0 Å². The second-order valence-electron chi connectivity index (χ2n) is 6.62. The van der Waals surface area contributed by atoms with Crippen molar-refractivity contribution in [2.75, 3.05) is 0 Å².